The Kier molecular flexibility index (Phi) is 6.22. The largest absolute Gasteiger partial charge is 0.383 e. The summed E-state index contributed by atoms with van der Waals surface area (Å²) in [7, 11) is 3.79. The zero-order chi connectivity index (χ0) is 18.6. The third-order valence-electron chi connectivity index (χ3n) is 4.70. The van der Waals surface area contributed by atoms with Crippen LogP contribution in [0, 0.1) is 0 Å². The van der Waals surface area contributed by atoms with Crippen LogP contribution in [0.4, 0.5) is 5.82 Å². The first-order valence-electron chi connectivity index (χ1n) is 9.09. The Morgan fingerprint density at radius 2 is 2.04 bits per heavy atom. The summed E-state index contributed by atoms with van der Waals surface area (Å²) in [6.45, 7) is 12.1. The molecule has 5 nitrogen and oxygen atoms in total. The maximum Gasteiger partial charge on any atom is 0.188 e. The molecule has 1 aromatic heterocycles. The van der Waals surface area contributed by atoms with E-state index in [2.05, 4.69) is 42.5 Å². The van der Waals surface area contributed by atoms with Crippen LogP contribution in [0.1, 0.15) is 44.5 Å². The number of pyridine rings is 1. The predicted octanol–water partition coefficient (Wildman–Crippen LogP) is 3.04. The van der Waals surface area contributed by atoms with Crippen molar-refractivity contribution in [3.05, 3.63) is 36.2 Å². The Hall–Kier alpha value is -1.88. The first-order chi connectivity index (χ1) is 11.7. The van der Waals surface area contributed by atoms with E-state index in [4.69, 9.17) is 0 Å². The zero-order valence-electron chi connectivity index (χ0n) is 16.5. The van der Waals surface area contributed by atoms with Crippen molar-refractivity contribution < 1.29 is 4.79 Å². The topological polar surface area (TPSA) is 39.7 Å². The number of rotatable bonds is 5. The van der Waals surface area contributed by atoms with Crippen LogP contribution in [-0.2, 0) is 0 Å². The summed E-state index contributed by atoms with van der Waals surface area (Å²) < 4.78 is 0. The molecule has 1 saturated heterocycles. The summed E-state index contributed by atoms with van der Waals surface area (Å²) in [5.41, 5.74) is 0.817. The molecule has 1 atom stereocenters. The summed E-state index contributed by atoms with van der Waals surface area (Å²) in [5, 5.41) is 0. The van der Waals surface area contributed by atoms with Crippen molar-refractivity contribution in [3.8, 4) is 0 Å². The lowest BCUT2D eigenvalue weighted by atomic mass is 9.98. The minimum Gasteiger partial charge on any atom is -0.383 e. The number of ketones is 1. The fourth-order valence-electron chi connectivity index (χ4n) is 3.33. The molecule has 1 unspecified atom stereocenters. The first kappa shape index (κ1) is 19.4. The van der Waals surface area contributed by atoms with Gasteiger partial charge in [0.25, 0.3) is 0 Å². The number of allylic oxidation sites excluding steroid dienone is 1. The predicted molar refractivity (Wildman–Crippen MR) is 104 cm³/mol. The van der Waals surface area contributed by atoms with Crippen molar-refractivity contribution in [3.63, 3.8) is 0 Å². The fraction of sp³-hybridized carbons (Fsp3) is 0.600. The maximum atomic E-state index is 12.1. The van der Waals surface area contributed by atoms with Gasteiger partial charge in [-0.05, 0) is 39.3 Å². The Balaban J connectivity index is 2.07. The maximum absolute atomic E-state index is 12.1. The molecule has 2 heterocycles. The standard InChI is InChI=1S/C20H32N4O/c1-7-17-15-23(12-13-24(17)20(2,3)4)19-9-8-16(14-21-19)18(25)10-11-22(5)6/h8-11,14,17H,7,12-13,15H2,1-6H3/b11-10-. The number of hydrogen-bond acceptors (Lipinski definition) is 5. The highest BCUT2D eigenvalue weighted by molar-refractivity contribution is 6.04. The van der Waals surface area contributed by atoms with Crippen LogP contribution >= 0.6 is 0 Å². The van der Waals surface area contributed by atoms with Crippen molar-refractivity contribution in [2.24, 2.45) is 0 Å². The number of carbonyl (C=O) groups is 1. The van der Waals surface area contributed by atoms with Gasteiger partial charge in [-0.25, -0.2) is 4.98 Å². The van der Waals surface area contributed by atoms with E-state index >= 15 is 0 Å². The molecule has 0 radical (unpaired) electrons. The molecule has 1 aliphatic heterocycles. The van der Waals surface area contributed by atoms with Crippen molar-refractivity contribution in [1.82, 2.24) is 14.8 Å². The molecule has 138 valence electrons. The SMILES string of the molecule is CCC1CN(c2ccc(C(=O)/C=C\N(C)C)cn2)CCN1C(C)(C)C. The number of aromatic nitrogens is 1. The second kappa shape index (κ2) is 8.00. The third-order valence-corrected chi connectivity index (χ3v) is 4.70. The quantitative estimate of drug-likeness (QED) is 0.606. The van der Waals surface area contributed by atoms with E-state index < -0.39 is 0 Å². The third kappa shape index (κ3) is 5.05. The summed E-state index contributed by atoms with van der Waals surface area (Å²) in [4.78, 5) is 23.4. The number of anilines is 1. The van der Waals surface area contributed by atoms with E-state index in [0.29, 0.717) is 11.6 Å². The minimum atomic E-state index is -0.0169. The lowest BCUT2D eigenvalue weighted by molar-refractivity contribution is 0.0684. The molecule has 1 aromatic rings. The Labute approximate surface area is 152 Å². The van der Waals surface area contributed by atoms with Crippen molar-refractivity contribution in [1.29, 1.82) is 0 Å². The summed E-state index contributed by atoms with van der Waals surface area (Å²) in [6, 6.07) is 4.37. The molecular formula is C20H32N4O. The number of carbonyl (C=O) groups excluding carboxylic acids is 1. The van der Waals surface area contributed by atoms with E-state index in [1.54, 1.807) is 18.5 Å². The van der Waals surface area contributed by atoms with Gasteiger partial charge in [-0.15, -0.1) is 0 Å². The van der Waals surface area contributed by atoms with Gasteiger partial charge >= 0.3 is 0 Å². The molecule has 1 fully saturated rings. The van der Waals surface area contributed by atoms with E-state index in [1.807, 2.05) is 31.1 Å². The lowest BCUT2D eigenvalue weighted by Crippen LogP contribution is -2.59. The average molecular weight is 345 g/mol. The van der Waals surface area contributed by atoms with Gasteiger partial charge in [0.05, 0.1) is 0 Å². The fourth-order valence-corrected chi connectivity index (χ4v) is 3.33. The highest BCUT2D eigenvalue weighted by atomic mass is 16.1. The van der Waals surface area contributed by atoms with Crippen LogP contribution in [0.2, 0.25) is 0 Å². The Bertz CT molecular complexity index is 601. The molecule has 0 bridgehead atoms. The normalized spacial score (nSPS) is 19.4. The van der Waals surface area contributed by atoms with Gasteiger partial charge in [0.1, 0.15) is 5.82 Å². The van der Waals surface area contributed by atoms with Crippen molar-refractivity contribution in [2.75, 3.05) is 38.6 Å². The lowest BCUT2D eigenvalue weighted by Gasteiger charge is -2.48. The second-order valence-corrected chi connectivity index (χ2v) is 7.92. The van der Waals surface area contributed by atoms with Gasteiger partial charge < -0.3 is 9.80 Å². The molecule has 0 amide bonds. The number of nitrogens with zero attached hydrogens (tertiary/aromatic N) is 4. The molecule has 0 N–H and O–H groups in total. The Morgan fingerprint density at radius 3 is 2.56 bits per heavy atom. The van der Waals surface area contributed by atoms with Gasteiger partial charge in [-0.1, -0.05) is 6.92 Å². The van der Waals surface area contributed by atoms with E-state index in [-0.39, 0.29) is 11.3 Å². The van der Waals surface area contributed by atoms with E-state index in [0.717, 1.165) is 31.9 Å². The zero-order valence-corrected chi connectivity index (χ0v) is 16.5. The van der Waals surface area contributed by atoms with Gasteiger partial charge in [0, 0.05) is 69.3 Å². The monoisotopic (exact) mass is 344 g/mol. The van der Waals surface area contributed by atoms with Crippen LogP contribution in [0.15, 0.2) is 30.6 Å². The van der Waals surface area contributed by atoms with Gasteiger partial charge in [-0.3, -0.25) is 9.69 Å². The smallest absolute Gasteiger partial charge is 0.188 e. The van der Waals surface area contributed by atoms with Crippen LogP contribution in [0.3, 0.4) is 0 Å². The first-order valence-corrected chi connectivity index (χ1v) is 9.09. The van der Waals surface area contributed by atoms with Crippen LogP contribution in [0.25, 0.3) is 0 Å². The van der Waals surface area contributed by atoms with Crippen LogP contribution < -0.4 is 4.90 Å². The minimum absolute atomic E-state index is 0.0169. The molecular weight excluding hydrogens is 312 g/mol. The van der Waals surface area contributed by atoms with E-state index in [1.165, 1.54) is 0 Å². The molecule has 0 saturated carbocycles. The molecule has 25 heavy (non-hydrogen) atoms. The van der Waals surface area contributed by atoms with Crippen LogP contribution in [0.5, 0.6) is 0 Å². The molecule has 2 rings (SSSR count). The van der Waals surface area contributed by atoms with Crippen molar-refractivity contribution in [2.45, 2.75) is 45.7 Å². The van der Waals surface area contributed by atoms with Gasteiger partial charge in [-0.2, -0.15) is 0 Å². The molecule has 5 heteroatoms. The molecule has 0 aromatic carbocycles. The highest BCUT2D eigenvalue weighted by Gasteiger charge is 2.33. The summed E-state index contributed by atoms with van der Waals surface area (Å²) in [6.07, 6.45) is 6.15. The van der Waals surface area contributed by atoms with Crippen LogP contribution in [-0.4, -0.2) is 65.9 Å². The summed E-state index contributed by atoms with van der Waals surface area (Å²) >= 11 is 0. The van der Waals surface area contributed by atoms with E-state index in [9.17, 15) is 4.79 Å². The second-order valence-electron chi connectivity index (χ2n) is 7.92. The van der Waals surface area contributed by atoms with Crippen molar-refractivity contribution >= 4 is 11.6 Å². The molecule has 0 spiro atoms. The Morgan fingerprint density at radius 1 is 1.32 bits per heavy atom. The highest BCUT2D eigenvalue weighted by Crippen LogP contribution is 2.25. The van der Waals surface area contributed by atoms with Gasteiger partial charge in [0.15, 0.2) is 5.78 Å². The number of hydrogen-bond donors (Lipinski definition) is 0. The van der Waals surface area contributed by atoms with Gasteiger partial charge in [0.2, 0.25) is 0 Å². The molecule has 0 aliphatic carbocycles. The average Bonchev–Trinajstić information content (AvgIpc) is 2.58. The summed E-state index contributed by atoms with van der Waals surface area (Å²) in [5.74, 6) is 0.942. The molecule has 1 aliphatic rings. The number of piperazine rings is 1.